The Hall–Kier alpha value is -2.04. The number of nitrogens with zero attached hydrogens (tertiary/aromatic N) is 2. The molecule has 2 aromatic rings. The van der Waals surface area contributed by atoms with E-state index in [9.17, 15) is 5.11 Å². The third kappa shape index (κ3) is 5.92. The van der Waals surface area contributed by atoms with Crippen LogP contribution in [0, 0.1) is 0 Å². The third-order valence-electron chi connectivity index (χ3n) is 8.98. The van der Waals surface area contributed by atoms with E-state index in [-0.39, 0.29) is 0 Å². The fourth-order valence-electron chi connectivity index (χ4n) is 6.76. The molecular weight excluding hydrogens is 444 g/mol. The van der Waals surface area contributed by atoms with Crippen LogP contribution in [0.3, 0.4) is 0 Å². The second kappa shape index (κ2) is 12.0. The molecule has 36 heavy (non-hydrogen) atoms. The number of aryl methyl sites for hydroxylation is 2. The van der Waals surface area contributed by atoms with Crippen LogP contribution < -0.4 is 4.74 Å². The van der Waals surface area contributed by atoms with Gasteiger partial charge < -0.3 is 9.84 Å². The Kier molecular flexibility index (Phi) is 8.54. The standard InChI is InChI=1S/C32H46N2O2/c1-3-24-15-16-31(35)27(17-24)21-33(28-11-7-5-8-12-28)20-25-18-26(4-2)30-22-34(23-36-32(30)19-25)29-13-9-6-10-14-29/h15-19,28-29,35H,3-14,20-23H2,1-2H3. The first-order valence-electron chi connectivity index (χ1n) is 14.7. The molecule has 1 heterocycles. The highest BCUT2D eigenvalue weighted by atomic mass is 16.5. The summed E-state index contributed by atoms with van der Waals surface area (Å²) < 4.78 is 6.43. The minimum Gasteiger partial charge on any atom is -0.508 e. The van der Waals surface area contributed by atoms with E-state index in [4.69, 9.17) is 4.74 Å². The summed E-state index contributed by atoms with van der Waals surface area (Å²) in [6, 6.07) is 12.2. The number of phenolic OH excluding ortho intramolecular Hbond substituents is 1. The minimum absolute atomic E-state index is 0.429. The molecule has 196 valence electrons. The SMILES string of the molecule is CCc1ccc(O)c(CN(Cc2cc(CC)c3c(c2)OCN(C2CCCCC2)C3)C2CCCCC2)c1. The van der Waals surface area contributed by atoms with Crippen LogP contribution in [-0.2, 0) is 32.5 Å². The van der Waals surface area contributed by atoms with Gasteiger partial charge in [0.1, 0.15) is 18.2 Å². The lowest BCUT2D eigenvalue weighted by atomic mass is 9.92. The van der Waals surface area contributed by atoms with Gasteiger partial charge in [0.15, 0.2) is 0 Å². The fourth-order valence-corrected chi connectivity index (χ4v) is 6.76. The zero-order valence-electron chi connectivity index (χ0n) is 22.6. The van der Waals surface area contributed by atoms with Gasteiger partial charge in [-0.1, -0.05) is 70.6 Å². The van der Waals surface area contributed by atoms with Crippen LogP contribution in [0.5, 0.6) is 11.5 Å². The summed E-state index contributed by atoms with van der Waals surface area (Å²) in [7, 11) is 0. The van der Waals surface area contributed by atoms with Gasteiger partial charge >= 0.3 is 0 Å². The Bertz CT molecular complexity index is 990. The van der Waals surface area contributed by atoms with E-state index < -0.39 is 0 Å². The van der Waals surface area contributed by atoms with Crippen molar-refractivity contribution in [2.24, 2.45) is 0 Å². The molecule has 2 aliphatic carbocycles. The van der Waals surface area contributed by atoms with Crippen molar-refractivity contribution in [1.82, 2.24) is 9.80 Å². The van der Waals surface area contributed by atoms with E-state index in [0.717, 1.165) is 50.5 Å². The highest BCUT2D eigenvalue weighted by Crippen LogP contribution is 2.35. The Morgan fingerprint density at radius 3 is 2.28 bits per heavy atom. The lowest BCUT2D eigenvalue weighted by Gasteiger charge is -2.38. The van der Waals surface area contributed by atoms with Gasteiger partial charge in [0, 0.05) is 42.8 Å². The van der Waals surface area contributed by atoms with E-state index in [1.54, 1.807) is 0 Å². The highest BCUT2D eigenvalue weighted by Gasteiger charge is 2.28. The Morgan fingerprint density at radius 2 is 1.56 bits per heavy atom. The minimum atomic E-state index is 0.429. The van der Waals surface area contributed by atoms with Crippen molar-refractivity contribution < 1.29 is 9.84 Å². The molecule has 0 aromatic heterocycles. The predicted octanol–water partition coefficient (Wildman–Crippen LogP) is 7.34. The average Bonchev–Trinajstić information content (AvgIpc) is 2.94. The van der Waals surface area contributed by atoms with Crippen LogP contribution in [0.15, 0.2) is 30.3 Å². The second-order valence-corrected chi connectivity index (χ2v) is 11.4. The topological polar surface area (TPSA) is 35.9 Å². The van der Waals surface area contributed by atoms with Crippen molar-refractivity contribution in [3.63, 3.8) is 0 Å². The van der Waals surface area contributed by atoms with E-state index in [2.05, 4.69) is 47.9 Å². The molecule has 0 bridgehead atoms. The molecule has 0 radical (unpaired) electrons. The number of rotatable bonds is 8. The van der Waals surface area contributed by atoms with Gasteiger partial charge in [0.25, 0.3) is 0 Å². The molecule has 4 heteroatoms. The summed E-state index contributed by atoms with van der Waals surface area (Å²) >= 11 is 0. The maximum Gasteiger partial charge on any atom is 0.142 e. The van der Waals surface area contributed by atoms with Gasteiger partial charge in [-0.05, 0) is 67.3 Å². The number of benzene rings is 2. The van der Waals surface area contributed by atoms with Crippen LogP contribution in [0.4, 0.5) is 0 Å². The lowest BCUT2D eigenvalue weighted by molar-refractivity contribution is 0.0397. The fraction of sp³-hybridized carbons (Fsp3) is 0.625. The summed E-state index contributed by atoms with van der Waals surface area (Å²) in [5, 5.41) is 10.7. The van der Waals surface area contributed by atoms with Gasteiger partial charge in [0.2, 0.25) is 0 Å². The Labute approximate surface area is 218 Å². The molecule has 0 saturated heterocycles. The lowest BCUT2D eigenvalue weighted by Crippen LogP contribution is -2.41. The van der Waals surface area contributed by atoms with Crippen LogP contribution in [0.2, 0.25) is 0 Å². The van der Waals surface area contributed by atoms with Gasteiger partial charge in [0.05, 0.1) is 0 Å². The average molecular weight is 491 g/mol. The first kappa shape index (κ1) is 25.6. The second-order valence-electron chi connectivity index (χ2n) is 11.4. The molecule has 4 nitrogen and oxygen atoms in total. The molecule has 0 amide bonds. The van der Waals surface area contributed by atoms with E-state index in [1.165, 1.54) is 86.5 Å². The normalized spacial score (nSPS) is 19.9. The molecule has 5 rings (SSSR count). The molecule has 1 N–H and O–H groups in total. The van der Waals surface area contributed by atoms with Crippen molar-refractivity contribution in [2.75, 3.05) is 6.73 Å². The van der Waals surface area contributed by atoms with Crippen LogP contribution in [0.25, 0.3) is 0 Å². The van der Waals surface area contributed by atoms with Crippen molar-refractivity contribution in [1.29, 1.82) is 0 Å². The summed E-state index contributed by atoms with van der Waals surface area (Å²) in [6.07, 6.45) is 15.3. The molecule has 2 aromatic carbocycles. The van der Waals surface area contributed by atoms with Gasteiger partial charge in [-0.3, -0.25) is 9.80 Å². The summed E-state index contributed by atoms with van der Waals surface area (Å²) in [5.41, 5.74) is 6.57. The van der Waals surface area contributed by atoms with Crippen LogP contribution in [-0.4, -0.2) is 33.7 Å². The van der Waals surface area contributed by atoms with Crippen LogP contribution >= 0.6 is 0 Å². The third-order valence-corrected chi connectivity index (χ3v) is 8.98. The highest BCUT2D eigenvalue weighted by molar-refractivity contribution is 5.45. The number of hydrogen-bond acceptors (Lipinski definition) is 4. The smallest absolute Gasteiger partial charge is 0.142 e. The molecule has 2 fully saturated rings. The number of ether oxygens (including phenoxy) is 1. The maximum atomic E-state index is 10.7. The van der Waals surface area contributed by atoms with Crippen LogP contribution in [0.1, 0.15) is 106 Å². The Morgan fingerprint density at radius 1 is 0.833 bits per heavy atom. The van der Waals surface area contributed by atoms with E-state index in [1.807, 2.05) is 6.07 Å². The number of phenols is 1. The quantitative estimate of drug-likeness (QED) is 0.420. The number of aromatic hydroxyl groups is 1. The van der Waals surface area contributed by atoms with Crippen molar-refractivity contribution in [2.45, 2.75) is 123 Å². The van der Waals surface area contributed by atoms with Gasteiger partial charge in [-0.2, -0.15) is 0 Å². The van der Waals surface area contributed by atoms with Gasteiger partial charge in [-0.15, -0.1) is 0 Å². The first-order chi connectivity index (χ1) is 17.6. The van der Waals surface area contributed by atoms with Gasteiger partial charge in [-0.25, -0.2) is 0 Å². The molecule has 0 atom stereocenters. The largest absolute Gasteiger partial charge is 0.508 e. The molecule has 1 aliphatic heterocycles. The summed E-state index contributed by atoms with van der Waals surface area (Å²) in [5.74, 6) is 1.54. The zero-order chi connectivity index (χ0) is 24.9. The number of hydrogen-bond donors (Lipinski definition) is 1. The molecule has 3 aliphatic rings. The molecule has 0 unspecified atom stereocenters. The van der Waals surface area contributed by atoms with E-state index in [0.29, 0.717) is 17.8 Å². The van der Waals surface area contributed by atoms with Crippen molar-refractivity contribution in [3.05, 3.63) is 58.1 Å². The summed E-state index contributed by atoms with van der Waals surface area (Å²) in [4.78, 5) is 5.21. The maximum absolute atomic E-state index is 10.7. The van der Waals surface area contributed by atoms with E-state index >= 15 is 0 Å². The Balaban J connectivity index is 1.38. The number of fused-ring (bicyclic) bond motifs is 1. The monoisotopic (exact) mass is 490 g/mol. The molecular formula is C32H46N2O2. The molecule has 2 saturated carbocycles. The first-order valence-corrected chi connectivity index (χ1v) is 14.7. The summed E-state index contributed by atoms with van der Waals surface area (Å²) in [6.45, 7) is 7.95. The predicted molar refractivity (Wildman–Crippen MR) is 147 cm³/mol. The molecule has 0 spiro atoms. The zero-order valence-corrected chi connectivity index (χ0v) is 22.6. The van der Waals surface area contributed by atoms with Crippen molar-refractivity contribution in [3.8, 4) is 11.5 Å². The van der Waals surface area contributed by atoms with Crippen molar-refractivity contribution >= 4 is 0 Å².